The zero-order valence-electron chi connectivity index (χ0n) is 17.2. The number of benzene rings is 1. The summed E-state index contributed by atoms with van der Waals surface area (Å²) < 4.78 is 37.7. The van der Waals surface area contributed by atoms with Crippen molar-refractivity contribution in [2.24, 2.45) is 0 Å². The van der Waals surface area contributed by atoms with Gasteiger partial charge in [0.1, 0.15) is 23.5 Å². The van der Waals surface area contributed by atoms with Crippen LogP contribution in [-0.4, -0.2) is 44.4 Å². The molecule has 1 aliphatic rings. The molecule has 1 aliphatic carbocycles. The maximum Gasteiger partial charge on any atom is 0.328 e. The Hall–Kier alpha value is -2.04. The molecule has 1 aromatic rings. The van der Waals surface area contributed by atoms with Crippen LogP contribution in [0.4, 0.5) is 0 Å². The number of sulfone groups is 1. The predicted octanol–water partition coefficient (Wildman–Crippen LogP) is 2.71. The molecule has 0 bridgehead atoms. The quantitative estimate of drug-likeness (QED) is 0.577. The molecular weight excluding hydrogens is 378 g/mol. The summed E-state index contributed by atoms with van der Waals surface area (Å²) in [4.78, 5) is 13.1. The minimum absolute atomic E-state index is 0.163. The maximum absolute atomic E-state index is 13.3. The van der Waals surface area contributed by atoms with Gasteiger partial charge < -0.3 is 14.8 Å². The lowest BCUT2D eigenvalue weighted by Gasteiger charge is -2.35. The van der Waals surface area contributed by atoms with Gasteiger partial charge in [-0.05, 0) is 78.3 Å². The summed E-state index contributed by atoms with van der Waals surface area (Å²) >= 11 is 0. The van der Waals surface area contributed by atoms with Crippen LogP contribution in [-0.2, 0) is 19.4 Å². The Morgan fingerprint density at radius 2 is 1.93 bits per heavy atom. The van der Waals surface area contributed by atoms with Crippen molar-refractivity contribution in [3.05, 3.63) is 24.3 Å². The third kappa shape index (κ3) is 4.68. The van der Waals surface area contributed by atoms with Gasteiger partial charge in [0, 0.05) is 0 Å². The number of hydrogen-bond acceptors (Lipinski definition) is 6. The predicted molar refractivity (Wildman–Crippen MR) is 108 cm³/mol. The number of carbonyl (C=O) groups excluding carboxylic acids is 1. The maximum atomic E-state index is 13.3. The molecule has 0 spiro atoms. The smallest absolute Gasteiger partial charge is 0.328 e. The SMILES string of the molecule is CC#CCOc1ccc(S(=O)(=O)C2CCCC2(NC)C(=O)OC(C)(C)C)cc1. The van der Waals surface area contributed by atoms with Gasteiger partial charge in [-0.1, -0.05) is 5.92 Å². The molecule has 0 saturated heterocycles. The van der Waals surface area contributed by atoms with Gasteiger partial charge in [-0.2, -0.15) is 0 Å². The molecule has 1 saturated carbocycles. The number of hydrogen-bond donors (Lipinski definition) is 1. The summed E-state index contributed by atoms with van der Waals surface area (Å²) in [6.45, 7) is 7.28. The van der Waals surface area contributed by atoms with Gasteiger partial charge in [0.2, 0.25) is 0 Å². The third-order valence-corrected chi connectivity index (χ3v) is 7.13. The van der Waals surface area contributed by atoms with Gasteiger partial charge in [0.05, 0.1) is 10.1 Å². The summed E-state index contributed by atoms with van der Waals surface area (Å²) in [5, 5.41) is 2.09. The highest BCUT2D eigenvalue weighted by molar-refractivity contribution is 7.92. The largest absolute Gasteiger partial charge is 0.481 e. The van der Waals surface area contributed by atoms with Crippen LogP contribution in [0.2, 0.25) is 0 Å². The van der Waals surface area contributed by atoms with E-state index in [0.29, 0.717) is 25.0 Å². The lowest BCUT2D eigenvalue weighted by molar-refractivity contribution is -0.162. The van der Waals surface area contributed by atoms with Crippen molar-refractivity contribution in [3.8, 4) is 17.6 Å². The monoisotopic (exact) mass is 407 g/mol. The van der Waals surface area contributed by atoms with Gasteiger partial charge in [-0.15, -0.1) is 5.92 Å². The highest BCUT2D eigenvalue weighted by atomic mass is 32.2. The van der Waals surface area contributed by atoms with Crippen molar-refractivity contribution in [3.63, 3.8) is 0 Å². The van der Waals surface area contributed by atoms with Gasteiger partial charge in [-0.25, -0.2) is 13.2 Å². The molecule has 1 aromatic carbocycles. The first-order chi connectivity index (χ1) is 13.1. The zero-order chi connectivity index (χ0) is 21.0. The summed E-state index contributed by atoms with van der Waals surface area (Å²) in [5.41, 5.74) is -1.95. The highest BCUT2D eigenvalue weighted by Crippen LogP contribution is 2.39. The number of nitrogens with one attached hydrogen (secondary N) is 1. The van der Waals surface area contributed by atoms with Crippen molar-refractivity contribution in [1.82, 2.24) is 5.32 Å². The molecule has 0 aliphatic heterocycles. The molecule has 154 valence electrons. The van der Waals surface area contributed by atoms with Gasteiger partial charge in [-0.3, -0.25) is 0 Å². The van der Waals surface area contributed by atoms with E-state index >= 15 is 0 Å². The Morgan fingerprint density at radius 3 is 2.46 bits per heavy atom. The van der Waals surface area contributed by atoms with E-state index in [1.165, 1.54) is 12.1 Å². The molecule has 2 unspecified atom stereocenters. The number of carbonyl (C=O) groups is 1. The van der Waals surface area contributed by atoms with Crippen LogP contribution in [0.1, 0.15) is 47.0 Å². The van der Waals surface area contributed by atoms with Gasteiger partial charge in [0.15, 0.2) is 9.84 Å². The number of ether oxygens (including phenoxy) is 2. The molecule has 0 heterocycles. The topological polar surface area (TPSA) is 81.7 Å². The van der Waals surface area contributed by atoms with E-state index < -0.39 is 32.2 Å². The third-order valence-electron chi connectivity index (χ3n) is 4.81. The highest BCUT2D eigenvalue weighted by Gasteiger charge is 2.56. The van der Waals surface area contributed by atoms with Crippen LogP contribution in [0.15, 0.2) is 29.2 Å². The van der Waals surface area contributed by atoms with Crippen molar-refractivity contribution in [1.29, 1.82) is 0 Å². The fourth-order valence-corrected chi connectivity index (χ4v) is 5.65. The molecule has 1 N–H and O–H groups in total. The first kappa shape index (κ1) is 22.3. The first-order valence-corrected chi connectivity index (χ1v) is 10.9. The Labute approximate surface area is 167 Å². The molecule has 0 radical (unpaired) electrons. The van der Waals surface area contributed by atoms with Crippen LogP contribution in [0.25, 0.3) is 0 Å². The number of rotatable bonds is 6. The Kier molecular flexibility index (Phi) is 6.79. The second-order valence-corrected chi connectivity index (χ2v) is 9.97. The Balaban J connectivity index is 2.31. The summed E-state index contributed by atoms with van der Waals surface area (Å²) in [7, 11) is -2.13. The molecule has 0 amide bonds. The van der Waals surface area contributed by atoms with Crippen LogP contribution in [0, 0.1) is 11.8 Å². The molecular formula is C21H29NO5S. The Morgan fingerprint density at radius 1 is 1.29 bits per heavy atom. The van der Waals surface area contributed by atoms with E-state index in [0.717, 1.165) is 0 Å². The average Bonchev–Trinajstić information content (AvgIpc) is 3.07. The standard InChI is InChI=1S/C21H29NO5S/c1-6-7-15-26-16-10-12-17(13-11-16)28(24,25)18-9-8-14-21(18,22-5)19(23)27-20(2,3)4/h10-13,18,22H,8-9,14-15H2,1-5H3. The van der Waals surface area contributed by atoms with E-state index in [9.17, 15) is 13.2 Å². The summed E-state index contributed by atoms with van der Waals surface area (Å²) in [5.74, 6) is 5.54. The molecule has 2 atom stereocenters. The first-order valence-electron chi connectivity index (χ1n) is 9.35. The normalized spacial score (nSPS) is 22.2. The van der Waals surface area contributed by atoms with Crippen molar-refractivity contribution in [2.75, 3.05) is 13.7 Å². The van der Waals surface area contributed by atoms with Crippen molar-refractivity contribution >= 4 is 15.8 Å². The second-order valence-electron chi connectivity index (χ2n) is 7.84. The minimum Gasteiger partial charge on any atom is -0.481 e. The number of esters is 1. The lowest BCUT2D eigenvalue weighted by atomic mass is 9.97. The second kappa shape index (κ2) is 8.54. The van der Waals surface area contributed by atoms with Crippen molar-refractivity contribution < 1.29 is 22.7 Å². The van der Waals surface area contributed by atoms with Crippen molar-refractivity contribution in [2.45, 2.75) is 68.2 Å². The van der Waals surface area contributed by atoms with Crippen LogP contribution < -0.4 is 10.1 Å². The van der Waals surface area contributed by atoms with E-state index in [4.69, 9.17) is 9.47 Å². The average molecular weight is 408 g/mol. The molecule has 2 rings (SSSR count). The van der Waals surface area contributed by atoms with E-state index in [1.807, 2.05) is 0 Å². The van der Waals surface area contributed by atoms with E-state index in [1.54, 1.807) is 46.9 Å². The number of likely N-dealkylation sites (N-methyl/N-ethyl adjacent to an activating group) is 1. The molecule has 6 nitrogen and oxygen atoms in total. The van der Waals surface area contributed by atoms with Crippen LogP contribution >= 0.6 is 0 Å². The minimum atomic E-state index is -3.75. The van der Waals surface area contributed by atoms with E-state index in [2.05, 4.69) is 17.2 Å². The Bertz CT molecular complexity index is 859. The summed E-state index contributed by atoms with van der Waals surface area (Å²) in [6, 6.07) is 6.23. The molecule has 1 fully saturated rings. The fourth-order valence-electron chi connectivity index (χ4n) is 3.47. The molecule has 0 aromatic heterocycles. The molecule has 28 heavy (non-hydrogen) atoms. The fraction of sp³-hybridized carbons (Fsp3) is 0.571. The zero-order valence-corrected chi connectivity index (χ0v) is 18.0. The van der Waals surface area contributed by atoms with Crippen LogP contribution in [0.3, 0.4) is 0 Å². The van der Waals surface area contributed by atoms with E-state index in [-0.39, 0.29) is 11.5 Å². The summed E-state index contributed by atoms with van der Waals surface area (Å²) in [6.07, 6.45) is 1.44. The molecule has 7 heteroatoms. The van der Waals surface area contributed by atoms with Gasteiger partial charge in [0.25, 0.3) is 0 Å². The van der Waals surface area contributed by atoms with Crippen LogP contribution in [0.5, 0.6) is 5.75 Å². The lowest BCUT2D eigenvalue weighted by Crippen LogP contribution is -2.60. The van der Waals surface area contributed by atoms with Gasteiger partial charge >= 0.3 is 5.97 Å².